The van der Waals surface area contributed by atoms with Gasteiger partial charge in [-0.2, -0.15) is 0 Å². The summed E-state index contributed by atoms with van der Waals surface area (Å²) in [7, 11) is 0. The SMILES string of the molecule is CCCCCCCN(C(=O)C(NC(=O)OC(C)(C)C)C(C)C)C(C(=O)NC(Cc1ccccc1)C(=O)OC(C)(C)C)c1cccc(C)c1C. The van der Waals surface area contributed by atoms with Gasteiger partial charge >= 0.3 is 12.1 Å². The molecule has 9 heteroatoms. The van der Waals surface area contributed by atoms with Crippen LogP contribution < -0.4 is 10.6 Å². The second-order valence-corrected chi connectivity index (χ2v) is 15.3. The van der Waals surface area contributed by atoms with Crippen LogP contribution in [0.3, 0.4) is 0 Å². The fourth-order valence-electron chi connectivity index (χ4n) is 5.57. The third-order valence-corrected chi connectivity index (χ3v) is 8.18. The van der Waals surface area contributed by atoms with E-state index in [2.05, 4.69) is 17.6 Å². The van der Waals surface area contributed by atoms with Crippen LogP contribution in [0.2, 0.25) is 0 Å². The highest BCUT2D eigenvalue weighted by atomic mass is 16.6. The molecule has 0 aromatic heterocycles. The first-order valence-corrected chi connectivity index (χ1v) is 17.8. The van der Waals surface area contributed by atoms with Gasteiger partial charge in [-0.05, 0) is 90.0 Å². The Morgan fingerprint density at radius 2 is 1.39 bits per heavy atom. The van der Waals surface area contributed by atoms with Crippen LogP contribution in [0, 0.1) is 19.8 Å². The van der Waals surface area contributed by atoms with Gasteiger partial charge in [0.15, 0.2) is 0 Å². The Morgan fingerprint density at radius 1 is 0.776 bits per heavy atom. The van der Waals surface area contributed by atoms with Crippen LogP contribution in [0.15, 0.2) is 48.5 Å². The monoisotopic (exact) mass is 679 g/mol. The van der Waals surface area contributed by atoms with Gasteiger partial charge < -0.3 is 25.0 Å². The second-order valence-electron chi connectivity index (χ2n) is 15.3. The number of carbonyl (C=O) groups is 4. The van der Waals surface area contributed by atoms with Crippen molar-refractivity contribution < 1.29 is 28.7 Å². The Hall–Kier alpha value is -3.88. The molecule has 0 radical (unpaired) electrons. The molecule has 0 spiro atoms. The maximum absolute atomic E-state index is 14.7. The van der Waals surface area contributed by atoms with Gasteiger partial charge in [-0.25, -0.2) is 9.59 Å². The van der Waals surface area contributed by atoms with E-state index in [4.69, 9.17) is 9.47 Å². The maximum Gasteiger partial charge on any atom is 0.408 e. The molecule has 0 aliphatic rings. The van der Waals surface area contributed by atoms with Crippen molar-refractivity contribution in [2.75, 3.05) is 6.54 Å². The van der Waals surface area contributed by atoms with Gasteiger partial charge in [0.05, 0.1) is 0 Å². The smallest absolute Gasteiger partial charge is 0.408 e. The van der Waals surface area contributed by atoms with E-state index in [0.29, 0.717) is 12.0 Å². The highest BCUT2D eigenvalue weighted by Gasteiger charge is 2.39. The number of esters is 1. The zero-order chi connectivity index (χ0) is 36.9. The van der Waals surface area contributed by atoms with Crippen molar-refractivity contribution in [2.24, 2.45) is 5.92 Å². The predicted octanol–water partition coefficient (Wildman–Crippen LogP) is 7.76. The number of rotatable bonds is 16. The molecule has 0 bridgehead atoms. The molecule has 2 aromatic carbocycles. The van der Waals surface area contributed by atoms with Crippen LogP contribution >= 0.6 is 0 Å². The number of benzene rings is 2. The summed E-state index contributed by atoms with van der Waals surface area (Å²) >= 11 is 0. The summed E-state index contributed by atoms with van der Waals surface area (Å²) in [5.41, 5.74) is 1.80. The average molecular weight is 680 g/mol. The zero-order valence-corrected chi connectivity index (χ0v) is 31.8. The number of unbranched alkanes of at least 4 members (excludes halogenated alkanes) is 4. The molecule has 0 saturated carbocycles. The standard InChI is InChI=1S/C40H61N3O6/c1-12-13-14-15-19-25-43(36(45)33(27(2)3)42-38(47)49-40(9,10)11)34(31-24-20-21-28(4)29(31)5)35(44)41-32(37(46)48-39(6,7)8)26-30-22-17-16-18-23-30/h16-18,20-24,27,32-34H,12-15,19,25-26H2,1-11H3,(H,41,44)(H,42,47). The largest absolute Gasteiger partial charge is 0.458 e. The molecule has 0 aliphatic carbocycles. The van der Waals surface area contributed by atoms with Crippen LogP contribution in [0.1, 0.15) is 123 Å². The first-order valence-electron chi connectivity index (χ1n) is 17.8. The van der Waals surface area contributed by atoms with E-state index >= 15 is 0 Å². The number of carbonyl (C=O) groups excluding carboxylic acids is 4. The molecule has 3 unspecified atom stereocenters. The lowest BCUT2D eigenvalue weighted by Gasteiger charge is -2.37. The summed E-state index contributed by atoms with van der Waals surface area (Å²) in [4.78, 5) is 57.6. The number of nitrogens with one attached hydrogen (secondary N) is 2. The van der Waals surface area contributed by atoms with Crippen molar-refractivity contribution in [3.63, 3.8) is 0 Å². The van der Waals surface area contributed by atoms with E-state index in [1.807, 2.05) is 76.2 Å². The first kappa shape index (κ1) is 41.3. The molecular formula is C40H61N3O6. The number of ether oxygens (including phenoxy) is 2. The van der Waals surface area contributed by atoms with Crippen molar-refractivity contribution in [2.45, 2.75) is 144 Å². The van der Waals surface area contributed by atoms with Crippen molar-refractivity contribution >= 4 is 23.9 Å². The van der Waals surface area contributed by atoms with E-state index in [-0.39, 0.29) is 18.9 Å². The summed E-state index contributed by atoms with van der Waals surface area (Å²) in [5, 5.41) is 5.79. The van der Waals surface area contributed by atoms with Gasteiger partial charge in [-0.3, -0.25) is 9.59 Å². The van der Waals surface area contributed by atoms with Crippen LogP contribution in [-0.4, -0.2) is 58.6 Å². The quantitative estimate of drug-likeness (QED) is 0.139. The minimum absolute atomic E-state index is 0.209. The summed E-state index contributed by atoms with van der Waals surface area (Å²) in [6.45, 7) is 20.7. The van der Waals surface area contributed by atoms with E-state index in [0.717, 1.165) is 42.4 Å². The summed E-state index contributed by atoms with van der Waals surface area (Å²) in [6, 6.07) is 12.1. The Balaban J connectivity index is 2.67. The van der Waals surface area contributed by atoms with Crippen molar-refractivity contribution in [3.8, 4) is 0 Å². The molecule has 0 fully saturated rings. The zero-order valence-electron chi connectivity index (χ0n) is 31.8. The van der Waals surface area contributed by atoms with E-state index in [9.17, 15) is 19.2 Å². The van der Waals surface area contributed by atoms with Gasteiger partial charge in [0, 0.05) is 13.0 Å². The van der Waals surface area contributed by atoms with Gasteiger partial charge in [-0.1, -0.05) is 95.0 Å². The molecule has 2 N–H and O–H groups in total. The minimum Gasteiger partial charge on any atom is -0.458 e. The second kappa shape index (κ2) is 18.8. The number of alkyl carbamates (subject to hydrolysis) is 1. The summed E-state index contributed by atoms with van der Waals surface area (Å²) in [5.74, 6) is -1.76. The lowest BCUT2D eigenvalue weighted by Crippen LogP contribution is -2.56. The molecule has 272 valence electrons. The Kier molecular flexibility index (Phi) is 15.8. The maximum atomic E-state index is 14.7. The Labute approximate surface area is 294 Å². The van der Waals surface area contributed by atoms with Crippen molar-refractivity contribution in [1.82, 2.24) is 15.5 Å². The number of hydrogen-bond donors (Lipinski definition) is 2. The topological polar surface area (TPSA) is 114 Å². The van der Waals surface area contributed by atoms with E-state index < -0.39 is 53.2 Å². The van der Waals surface area contributed by atoms with Gasteiger partial charge in [0.25, 0.3) is 0 Å². The van der Waals surface area contributed by atoms with Gasteiger partial charge in [0.1, 0.15) is 29.3 Å². The van der Waals surface area contributed by atoms with Crippen LogP contribution in [0.4, 0.5) is 4.79 Å². The molecular weight excluding hydrogens is 618 g/mol. The number of nitrogens with zero attached hydrogens (tertiary/aromatic N) is 1. The minimum atomic E-state index is -1.08. The van der Waals surface area contributed by atoms with Crippen LogP contribution in [-0.2, 0) is 30.3 Å². The van der Waals surface area contributed by atoms with Crippen LogP contribution in [0.25, 0.3) is 0 Å². The van der Waals surface area contributed by atoms with E-state index in [1.165, 1.54) is 0 Å². The third kappa shape index (κ3) is 13.9. The number of hydrogen-bond acceptors (Lipinski definition) is 6. The summed E-state index contributed by atoms with van der Waals surface area (Å²) < 4.78 is 11.3. The molecule has 3 amide bonds. The molecule has 9 nitrogen and oxygen atoms in total. The highest BCUT2D eigenvalue weighted by molar-refractivity contribution is 5.94. The number of amides is 3. The average Bonchev–Trinajstić information content (AvgIpc) is 2.99. The summed E-state index contributed by atoms with van der Waals surface area (Å²) in [6.07, 6.45) is 4.18. The third-order valence-electron chi connectivity index (χ3n) is 8.18. The molecule has 2 rings (SSSR count). The van der Waals surface area contributed by atoms with E-state index in [1.54, 1.807) is 46.4 Å². The van der Waals surface area contributed by atoms with Crippen molar-refractivity contribution in [3.05, 3.63) is 70.8 Å². The predicted molar refractivity (Wildman–Crippen MR) is 195 cm³/mol. The highest BCUT2D eigenvalue weighted by Crippen LogP contribution is 2.29. The lowest BCUT2D eigenvalue weighted by molar-refractivity contribution is -0.159. The molecule has 2 aromatic rings. The van der Waals surface area contributed by atoms with Gasteiger partial charge in [-0.15, -0.1) is 0 Å². The molecule has 0 saturated heterocycles. The van der Waals surface area contributed by atoms with Crippen LogP contribution in [0.5, 0.6) is 0 Å². The normalized spacial score (nSPS) is 13.6. The lowest BCUT2D eigenvalue weighted by atomic mass is 9.93. The Bertz CT molecular complexity index is 1380. The molecule has 0 heterocycles. The fourth-order valence-corrected chi connectivity index (χ4v) is 5.57. The molecule has 0 aliphatic heterocycles. The molecule has 49 heavy (non-hydrogen) atoms. The number of aryl methyl sites for hydroxylation is 1. The fraction of sp³-hybridized carbons (Fsp3) is 0.600. The first-order chi connectivity index (χ1) is 22.8. The van der Waals surface area contributed by atoms with Gasteiger partial charge in [0.2, 0.25) is 11.8 Å². The van der Waals surface area contributed by atoms with Crippen molar-refractivity contribution in [1.29, 1.82) is 0 Å². The molecule has 3 atom stereocenters. The Morgan fingerprint density at radius 3 is 1.96 bits per heavy atom.